The van der Waals surface area contributed by atoms with E-state index in [1.54, 1.807) is 0 Å². The highest BCUT2D eigenvalue weighted by atomic mass is 32.2. The van der Waals surface area contributed by atoms with E-state index in [0.717, 1.165) is 21.0 Å². The average molecular weight is 402 g/mol. The van der Waals surface area contributed by atoms with Gasteiger partial charge in [0.1, 0.15) is 0 Å². The van der Waals surface area contributed by atoms with Crippen LogP contribution in [0.4, 0.5) is 5.69 Å². The van der Waals surface area contributed by atoms with Crippen LogP contribution < -0.4 is 16.2 Å². The Morgan fingerprint density at radius 2 is 1.78 bits per heavy atom. The van der Waals surface area contributed by atoms with E-state index in [1.807, 2.05) is 55.5 Å². The SMILES string of the molecule is Cc1ccc(SCC(=O)NNC(=O)C[C@@H]2Sc3ccccc3NC2=O)cc1. The summed E-state index contributed by atoms with van der Waals surface area (Å²) in [6.07, 6.45) is -0.0176. The molecule has 8 heteroatoms. The molecular weight excluding hydrogens is 382 g/mol. The Morgan fingerprint density at radius 1 is 1.07 bits per heavy atom. The lowest BCUT2D eigenvalue weighted by atomic mass is 10.2. The Balaban J connectivity index is 1.42. The first-order valence-corrected chi connectivity index (χ1v) is 10.2. The Labute approximate surface area is 165 Å². The van der Waals surface area contributed by atoms with Crippen molar-refractivity contribution < 1.29 is 14.4 Å². The van der Waals surface area contributed by atoms with Crippen molar-refractivity contribution in [1.82, 2.24) is 10.9 Å². The smallest absolute Gasteiger partial charge is 0.248 e. The minimum atomic E-state index is -0.529. The van der Waals surface area contributed by atoms with Crippen LogP contribution in [0.3, 0.4) is 0 Å². The number of para-hydroxylation sites is 1. The summed E-state index contributed by atoms with van der Waals surface area (Å²) in [5.41, 5.74) is 6.67. The van der Waals surface area contributed by atoms with E-state index in [9.17, 15) is 14.4 Å². The molecule has 0 spiro atoms. The Hall–Kier alpha value is -2.45. The van der Waals surface area contributed by atoms with Crippen LogP contribution in [-0.2, 0) is 14.4 Å². The number of anilines is 1. The zero-order chi connectivity index (χ0) is 19.2. The predicted octanol–water partition coefficient (Wildman–Crippen LogP) is 2.74. The van der Waals surface area contributed by atoms with Crippen LogP contribution in [-0.4, -0.2) is 28.7 Å². The summed E-state index contributed by atoms with van der Waals surface area (Å²) >= 11 is 2.73. The third-order valence-electron chi connectivity index (χ3n) is 3.81. The van der Waals surface area contributed by atoms with E-state index in [-0.39, 0.29) is 24.0 Å². The maximum atomic E-state index is 12.1. The van der Waals surface area contributed by atoms with E-state index in [4.69, 9.17) is 0 Å². The number of thioether (sulfide) groups is 2. The number of hydrazine groups is 1. The summed E-state index contributed by atoms with van der Waals surface area (Å²) in [5, 5.41) is 2.26. The fourth-order valence-corrected chi connectivity index (χ4v) is 4.21. The van der Waals surface area contributed by atoms with E-state index >= 15 is 0 Å². The number of amides is 3. The number of hydrogen-bond acceptors (Lipinski definition) is 5. The first kappa shape index (κ1) is 19.3. The van der Waals surface area contributed by atoms with Crippen LogP contribution >= 0.6 is 23.5 Å². The van der Waals surface area contributed by atoms with Gasteiger partial charge in [0, 0.05) is 16.2 Å². The first-order chi connectivity index (χ1) is 13.0. The normalized spacial score (nSPS) is 15.4. The molecule has 3 amide bonds. The predicted molar refractivity (Wildman–Crippen MR) is 108 cm³/mol. The Kier molecular flexibility index (Phi) is 6.41. The number of nitrogens with one attached hydrogen (secondary N) is 3. The summed E-state index contributed by atoms with van der Waals surface area (Å²) in [6, 6.07) is 15.3. The average Bonchev–Trinajstić information content (AvgIpc) is 2.66. The zero-order valence-corrected chi connectivity index (χ0v) is 16.3. The van der Waals surface area contributed by atoms with E-state index in [2.05, 4.69) is 16.2 Å². The quantitative estimate of drug-likeness (QED) is 0.530. The molecule has 0 radical (unpaired) electrons. The Morgan fingerprint density at radius 3 is 2.56 bits per heavy atom. The number of hydrogen-bond donors (Lipinski definition) is 3. The highest BCUT2D eigenvalue weighted by Gasteiger charge is 2.28. The molecule has 0 unspecified atom stereocenters. The molecule has 2 aromatic rings. The largest absolute Gasteiger partial charge is 0.324 e. The van der Waals surface area contributed by atoms with Crippen LogP contribution in [0.15, 0.2) is 58.3 Å². The molecule has 27 heavy (non-hydrogen) atoms. The minimum Gasteiger partial charge on any atom is -0.324 e. The van der Waals surface area contributed by atoms with Gasteiger partial charge in [0.2, 0.25) is 17.7 Å². The van der Waals surface area contributed by atoms with Gasteiger partial charge < -0.3 is 5.32 Å². The summed E-state index contributed by atoms with van der Waals surface area (Å²) in [4.78, 5) is 38.0. The number of benzene rings is 2. The topological polar surface area (TPSA) is 87.3 Å². The van der Waals surface area contributed by atoms with Crippen LogP contribution in [0.25, 0.3) is 0 Å². The molecule has 0 saturated carbocycles. The van der Waals surface area contributed by atoms with Crippen LogP contribution in [0.5, 0.6) is 0 Å². The van der Waals surface area contributed by atoms with Crippen molar-refractivity contribution >= 4 is 46.9 Å². The molecule has 1 heterocycles. The number of carbonyl (C=O) groups excluding carboxylic acids is 3. The summed E-state index contributed by atoms with van der Waals surface area (Å²) in [5.74, 6) is -0.735. The third kappa shape index (κ3) is 5.51. The Bertz CT molecular complexity index is 856. The van der Waals surface area contributed by atoms with Gasteiger partial charge in [0.05, 0.1) is 16.7 Å². The summed E-state index contributed by atoms with van der Waals surface area (Å²) in [7, 11) is 0. The molecule has 0 aromatic heterocycles. The van der Waals surface area contributed by atoms with Gasteiger partial charge in [0.15, 0.2) is 0 Å². The van der Waals surface area contributed by atoms with E-state index in [1.165, 1.54) is 23.5 Å². The molecule has 0 bridgehead atoms. The summed E-state index contributed by atoms with van der Waals surface area (Å²) < 4.78 is 0. The minimum absolute atomic E-state index is 0.0176. The maximum absolute atomic E-state index is 12.1. The number of rotatable bonds is 5. The van der Waals surface area contributed by atoms with Gasteiger partial charge in [-0.1, -0.05) is 29.8 Å². The van der Waals surface area contributed by atoms with Gasteiger partial charge in [-0.2, -0.15) is 0 Å². The van der Waals surface area contributed by atoms with Gasteiger partial charge in [-0.25, -0.2) is 0 Å². The van der Waals surface area contributed by atoms with Gasteiger partial charge in [-0.05, 0) is 31.2 Å². The second kappa shape index (κ2) is 8.96. The molecule has 1 atom stereocenters. The van der Waals surface area contributed by atoms with Gasteiger partial charge in [0.25, 0.3) is 0 Å². The molecule has 1 aliphatic rings. The molecular formula is C19H19N3O3S2. The second-order valence-electron chi connectivity index (χ2n) is 5.99. The van der Waals surface area contributed by atoms with Gasteiger partial charge in [-0.15, -0.1) is 23.5 Å². The number of carbonyl (C=O) groups is 3. The standard InChI is InChI=1S/C19H19N3O3S2/c1-12-6-8-13(9-7-12)26-11-18(24)22-21-17(23)10-16-19(25)20-14-4-2-3-5-15(14)27-16/h2-9,16H,10-11H2,1H3,(H,20,25)(H,21,23)(H,22,24)/t16-/m0/s1. The van der Waals surface area contributed by atoms with Crippen molar-refractivity contribution in [3.63, 3.8) is 0 Å². The fourth-order valence-electron chi connectivity index (χ4n) is 2.41. The lowest BCUT2D eigenvalue weighted by Gasteiger charge is -2.23. The number of fused-ring (bicyclic) bond motifs is 1. The highest BCUT2D eigenvalue weighted by Crippen LogP contribution is 2.36. The lowest BCUT2D eigenvalue weighted by Crippen LogP contribution is -2.44. The van der Waals surface area contributed by atoms with Crippen molar-refractivity contribution in [2.45, 2.75) is 28.4 Å². The fraction of sp³-hybridized carbons (Fsp3) is 0.211. The summed E-state index contributed by atoms with van der Waals surface area (Å²) in [6.45, 7) is 2.00. The molecule has 6 nitrogen and oxygen atoms in total. The zero-order valence-electron chi connectivity index (χ0n) is 14.7. The molecule has 3 rings (SSSR count). The van der Waals surface area contributed by atoms with Crippen molar-refractivity contribution in [3.05, 3.63) is 54.1 Å². The molecule has 140 valence electrons. The van der Waals surface area contributed by atoms with Crippen molar-refractivity contribution in [1.29, 1.82) is 0 Å². The molecule has 1 aliphatic heterocycles. The maximum Gasteiger partial charge on any atom is 0.248 e. The number of aryl methyl sites for hydroxylation is 1. The van der Waals surface area contributed by atoms with E-state index < -0.39 is 11.2 Å². The molecule has 3 N–H and O–H groups in total. The van der Waals surface area contributed by atoms with Crippen molar-refractivity contribution in [2.75, 3.05) is 11.1 Å². The van der Waals surface area contributed by atoms with Crippen molar-refractivity contribution in [2.24, 2.45) is 0 Å². The lowest BCUT2D eigenvalue weighted by molar-refractivity contribution is -0.128. The van der Waals surface area contributed by atoms with Crippen LogP contribution in [0.2, 0.25) is 0 Å². The molecule has 0 fully saturated rings. The molecule has 0 saturated heterocycles. The van der Waals surface area contributed by atoms with Crippen molar-refractivity contribution in [3.8, 4) is 0 Å². The van der Waals surface area contributed by atoms with Crippen LogP contribution in [0, 0.1) is 6.92 Å². The monoisotopic (exact) mass is 401 g/mol. The molecule has 0 aliphatic carbocycles. The van der Waals surface area contributed by atoms with E-state index in [0.29, 0.717) is 0 Å². The van der Waals surface area contributed by atoms with Gasteiger partial charge in [-0.3, -0.25) is 25.2 Å². The molecule has 2 aromatic carbocycles. The van der Waals surface area contributed by atoms with Crippen LogP contribution in [0.1, 0.15) is 12.0 Å². The first-order valence-electron chi connectivity index (χ1n) is 8.35. The van der Waals surface area contributed by atoms with Gasteiger partial charge >= 0.3 is 0 Å². The third-order valence-corrected chi connectivity index (χ3v) is 6.10. The highest BCUT2D eigenvalue weighted by molar-refractivity contribution is 8.01. The second-order valence-corrected chi connectivity index (χ2v) is 8.29.